The highest BCUT2D eigenvalue weighted by Gasteiger charge is 2.40. The zero-order chi connectivity index (χ0) is 16.2. The van der Waals surface area contributed by atoms with E-state index in [-0.39, 0.29) is 31.2 Å². The fraction of sp³-hybridized carbons (Fsp3) is 0.714. The van der Waals surface area contributed by atoms with Gasteiger partial charge in [0.15, 0.2) is 15.5 Å². The van der Waals surface area contributed by atoms with Gasteiger partial charge in [0.1, 0.15) is 0 Å². The molecule has 1 aromatic rings. The molecule has 1 saturated heterocycles. The van der Waals surface area contributed by atoms with Crippen molar-refractivity contribution in [3.63, 3.8) is 0 Å². The first-order chi connectivity index (χ1) is 10.2. The van der Waals surface area contributed by atoms with E-state index in [1.54, 1.807) is 16.6 Å². The third-order valence-electron chi connectivity index (χ3n) is 4.45. The predicted octanol–water partition coefficient (Wildman–Crippen LogP) is 0.311. The zero-order valence-electron chi connectivity index (χ0n) is 13.2. The quantitative estimate of drug-likeness (QED) is 0.781. The van der Waals surface area contributed by atoms with Crippen LogP contribution < -0.4 is 0 Å². The molecule has 8 heteroatoms. The molecule has 0 radical (unpaired) electrons. The molecule has 1 aromatic heterocycles. The van der Waals surface area contributed by atoms with Gasteiger partial charge in [0.25, 0.3) is 5.91 Å². The summed E-state index contributed by atoms with van der Waals surface area (Å²) in [5, 5.41) is 3.92. The van der Waals surface area contributed by atoms with Crippen molar-refractivity contribution in [2.75, 3.05) is 19.3 Å². The number of hydrogen-bond acceptors (Lipinski definition) is 5. The summed E-state index contributed by atoms with van der Waals surface area (Å²) in [6.45, 7) is 4.44. The van der Waals surface area contributed by atoms with Crippen molar-refractivity contribution in [2.45, 2.75) is 37.7 Å². The molecule has 122 valence electrons. The van der Waals surface area contributed by atoms with Crippen LogP contribution in [0, 0.1) is 0 Å². The van der Waals surface area contributed by atoms with Gasteiger partial charge in [-0.25, -0.2) is 8.42 Å². The Kier molecular flexibility index (Phi) is 3.56. The van der Waals surface area contributed by atoms with Crippen LogP contribution in [0.15, 0.2) is 0 Å². The summed E-state index contributed by atoms with van der Waals surface area (Å²) < 4.78 is 30.4. The van der Waals surface area contributed by atoms with Crippen molar-refractivity contribution in [3.8, 4) is 0 Å². The largest absolute Gasteiger partial charge is 0.369 e. The average Bonchev–Trinajstić information content (AvgIpc) is 2.62. The van der Waals surface area contributed by atoms with E-state index >= 15 is 0 Å². The maximum atomic E-state index is 12.6. The third-order valence-corrected chi connectivity index (χ3v) is 5.96. The van der Waals surface area contributed by atoms with Gasteiger partial charge in [0.2, 0.25) is 0 Å². The van der Waals surface area contributed by atoms with Crippen LogP contribution in [0.4, 0.5) is 0 Å². The second-order valence-corrected chi connectivity index (χ2v) is 8.62. The Hall–Kier alpha value is -1.41. The number of hydrogen-bond donors (Lipinski definition) is 0. The molecule has 7 nitrogen and oxygen atoms in total. The van der Waals surface area contributed by atoms with E-state index in [4.69, 9.17) is 4.74 Å². The van der Waals surface area contributed by atoms with Gasteiger partial charge in [0.05, 0.1) is 23.2 Å². The normalized spacial score (nSPS) is 25.7. The van der Waals surface area contributed by atoms with Crippen LogP contribution in [0.3, 0.4) is 0 Å². The zero-order valence-corrected chi connectivity index (χ0v) is 14.1. The van der Waals surface area contributed by atoms with E-state index in [1.807, 2.05) is 13.8 Å². The number of rotatable bonds is 2. The molecule has 3 heterocycles. The highest BCUT2D eigenvalue weighted by molar-refractivity contribution is 7.91. The predicted molar refractivity (Wildman–Crippen MR) is 80.4 cm³/mol. The van der Waals surface area contributed by atoms with Crippen molar-refractivity contribution in [3.05, 3.63) is 17.0 Å². The maximum absolute atomic E-state index is 12.6. The maximum Gasteiger partial charge on any atom is 0.274 e. The van der Waals surface area contributed by atoms with Crippen LogP contribution in [-0.4, -0.2) is 59.7 Å². The van der Waals surface area contributed by atoms with Gasteiger partial charge >= 0.3 is 0 Å². The first-order valence-electron chi connectivity index (χ1n) is 7.37. The van der Waals surface area contributed by atoms with Gasteiger partial charge in [-0.1, -0.05) is 0 Å². The van der Waals surface area contributed by atoms with Crippen LogP contribution in [0.1, 0.15) is 41.7 Å². The molecular weight excluding hydrogens is 306 g/mol. The Morgan fingerprint density at radius 1 is 1.32 bits per heavy atom. The Morgan fingerprint density at radius 2 is 1.95 bits per heavy atom. The first kappa shape index (κ1) is 15.5. The SMILES string of the molecule is C[C@@H]1Cc2c(C(=O)N3CC(S(C)(=O)=O)C3)nn(C)c2[C@H](C)O1. The fourth-order valence-electron chi connectivity index (χ4n) is 3.24. The van der Waals surface area contributed by atoms with Gasteiger partial charge in [-0.05, 0) is 13.8 Å². The number of fused-ring (bicyclic) bond motifs is 1. The first-order valence-corrected chi connectivity index (χ1v) is 9.33. The van der Waals surface area contributed by atoms with Gasteiger partial charge in [-0.3, -0.25) is 9.48 Å². The van der Waals surface area contributed by atoms with E-state index < -0.39 is 15.1 Å². The summed E-state index contributed by atoms with van der Waals surface area (Å²) >= 11 is 0. The molecule has 2 aliphatic rings. The van der Waals surface area contributed by atoms with E-state index in [0.717, 1.165) is 11.3 Å². The number of aromatic nitrogens is 2. The molecule has 22 heavy (non-hydrogen) atoms. The van der Waals surface area contributed by atoms with E-state index in [1.165, 1.54) is 6.26 Å². The number of carbonyl (C=O) groups is 1. The number of ether oxygens (including phenoxy) is 1. The molecular formula is C14H21N3O4S. The summed E-state index contributed by atoms with van der Waals surface area (Å²) in [5.74, 6) is -0.182. The Balaban J connectivity index is 1.85. The van der Waals surface area contributed by atoms with Gasteiger partial charge in [-0.2, -0.15) is 5.10 Å². The Morgan fingerprint density at radius 3 is 2.55 bits per heavy atom. The minimum Gasteiger partial charge on any atom is -0.369 e. The smallest absolute Gasteiger partial charge is 0.274 e. The van der Waals surface area contributed by atoms with Crippen LogP contribution in [0.5, 0.6) is 0 Å². The van der Waals surface area contributed by atoms with E-state index in [0.29, 0.717) is 12.1 Å². The summed E-state index contributed by atoms with van der Waals surface area (Å²) in [7, 11) is -1.28. The fourth-order valence-corrected chi connectivity index (χ4v) is 4.14. The highest BCUT2D eigenvalue weighted by atomic mass is 32.2. The molecule has 0 unspecified atom stereocenters. The van der Waals surface area contributed by atoms with Crippen LogP contribution >= 0.6 is 0 Å². The van der Waals surface area contributed by atoms with Crippen molar-refractivity contribution in [1.29, 1.82) is 0 Å². The summed E-state index contributed by atoms with van der Waals surface area (Å²) in [6, 6.07) is 0. The topological polar surface area (TPSA) is 81.5 Å². The van der Waals surface area contributed by atoms with Gasteiger partial charge in [0, 0.05) is 38.4 Å². The molecule has 0 aromatic carbocycles. The summed E-state index contributed by atoms with van der Waals surface area (Å²) in [6.07, 6.45) is 1.80. The number of amides is 1. The molecule has 0 N–H and O–H groups in total. The van der Waals surface area contributed by atoms with E-state index in [2.05, 4.69) is 5.10 Å². The lowest BCUT2D eigenvalue weighted by Crippen LogP contribution is -2.56. The van der Waals surface area contributed by atoms with Crippen molar-refractivity contribution in [1.82, 2.24) is 14.7 Å². The molecule has 0 aliphatic carbocycles. The molecule has 1 fully saturated rings. The lowest BCUT2D eigenvalue weighted by Gasteiger charge is -2.37. The molecule has 0 saturated carbocycles. The van der Waals surface area contributed by atoms with Crippen molar-refractivity contribution >= 4 is 15.7 Å². The second-order valence-electron chi connectivity index (χ2n) is 6.29. The van der Waals surface area contributed by atoms with Gasteiger partial charge in [-0.15, -0.1) is 0 Å². The average molecular weight is 327 g/mol. The van der Waals surface area contributed by atoms with E-state index in [9.17, 15) is 13.2 Å². The Bertz CT molecular complexity index is 719. The Labute approximate surface area is 130 Å². The number of aryl methyl sites for hydroxylation is 1. The number of likely N-dealkylation sites (tertiary alicyclic amines) is 1. The monoisotopic (exact) mass is 327 g/mol. The van der Waals surface area contributed by atoms with Crippen molar-refractivity contribution < 1.29 is 17.9 Å². The molecule has 3 rings (SSSR count). The van der Waals surface area contributed by atoms with Crippen molar-refractivity contribution in [2.24, 2.45) is 7.05 Å². The van der Waals surface area contributed by atoms with Gasteiger partial charge < -0.3 is 9.64 Å². The highest BCUT2D eigenvalue weighted by Crippen LogP contribution is 2.32. The lowest BCUT2D eigenvalue weighted by atomic mass is 9.98. The van der Waals surface area contributed by atoms with Crippen LogP contribution in [-0.2, 0) is 28.0 Å². The molecule has 1 amide bonds. The second kappa shape index (κ2) is 5.06. The molecule has 2 atom stereocenters. The van der Waals surface area contributed by atoms with Crippen LogP contribution in [0.2, 0.25) is 0 Å². The lowest BCUT2D eigenvalue weighted by molar-refractivity contribution is -0.00908. The molecule has 2 aliphatic heterocycles. The number of carbonyl (C=O) groups excluding carboxylic acids is 1. The minimum absolute atomic E-state index is 0.0402. The van der Waals surface area contributed by atoms with Crippen LogP contribution in [0.25, 0.3) is 0 Å². The third kappa shape index (κ3) is 2.44. The number of nitrogens with zero attached hydrogens (tertiary/aromatic N) is 3. The molecule has 0 spiro atoms. The minimum atomic E-state index is -3.08. The number of sulfone groups is 1. The summed E-state index contributed by atoms with van der Waals surface area (Å²) in [4.78, 5) is 14.2. The summed E-state index contributed by atoms with van der Waals surface area (Å²) in [5.41, 5.74) is 2.30. The standard InChI is InChI=1S/C14H21N3O4S/c1-8-5-11-12(15-16(3)13(11)9(2)21-8)14(18)17-6-10(7-17)22(4,19)20/h8-10H,5-7H2,1-4H3/t8-,9+/m1/s1. The molecule has 0 bridgehead atoms.